The van der Waals surface area contributed by atoms with Crippen molar-refractivity contribution in [1.82, 2.24) is 15.4 Å². The van der Waals surface area contributed by atoms with Crippen LogP contribution in [0.15, 0.2) is 36.7 Å². The number of pyridine rings is 2. The Morgan fingerprint density at radius 2 is 2.12 bits per heavy atom. The van der Waals surface area contributed by atoms with E-state index in [9.17, 15) is 4.39 Å². The normalized spacial score (nSPS) is 12.4. The van der Waals surface area contributed by atoms with Crippen LogP contribution in [0.2, 0.25) is 0 Å². The fourth-order valence-corrected chi connectivity index (χ4v) is 1.59. The van der Waals surface area contributed by atoms with Crippen molar-refractivity contribution in [2.45, 2.75) is 13.0 Å². The molecule has 2 aromatic heterocycles. The molecule has 0 saturated carbocycles. The van der Waals surface area contributed by atoms with Crippen LogP contribution in [-0.2, 0) is 0 Å². The fourth-order valence-electron chi connectivity index (χ4n) is 1.59. The average molecular weight is 232 g/mol. The summed E-state index contributed by atoms with van der Waals surface area (Å²) in [5.74, 6) is 5.07. The van der Waals surface area contributed by atoms with E-state index in [0.717, 1.165) is 11.3 Å². The molecule has 0 fully saturated rings. The Morgan fingerprint density at radius 3 is 2.71 bits per heavy atom. The highest BCUT2D eigenvalue weighted by atomic mass is 19.1. The van der Waals surface area contributed by atoms with Gasteiger partial charge < -0.3 is 0 Å². The SMILES string of the molecule is Cc1ccc(C(NN)c2ncccc2F)cn1. The van der Waals surface area contributed by atoms with Gasteiger partial charge in [-0.05, 0) is 30.7 Å². The van der Waals surface area contributed by atoms with Crippen LogP contribution in [0, 0.1) is 12.7 Å². The van der Waals surface area contributed by atoms with Crippen molar-refractivity contribution in [1.29, 1.82) is 0 Å². The summed E-state index contributed by atoms with van der Waals surface area (Å²) in [5, 5.41) is 0. The number of nitrogens with zero attached hydrogens (tertiary/aromatic N) is 2. The molecule has 17 heavy (non-hydrogen) atoms. The molecule has 0 aliphatic heterocycles. The molecule has 1 unspecified atom stereocenters. The number of hydrogen-bond donors (Lipinski definition) is 2. The maximum absolute atomic E-state index is 13.6. The van der Waals surface area contributed by atoms with Crippen molar-refractivity contribution in [3.63, 3.8) is 0 Å². The molecule has 0 aliphatic rings. The van der Waals surface area contributed by atoms with Crippen LogP contribution in [0.1, 0.15) is 23.0 Å². The summed E-state index contributed by atoms with van der Waals surface area (Å²) in [7, 11) is 0. The lowest BCUT2D eigenvalue weighted by molar-refractivity contribution is 0.542. The van der Waals surface area contributed by atoms with Gasteiger partial charge in [-0.2, -0.15) is 0 Å². The first kappa shape index (κ1) is 11.6. The highest BCUT2D eigenvalue weighted by molar-refractivity contribution is 5.26. The molecule has 0 spiro atoms. The Morgan fingerprint density at radius 1 is 1.29 bits per heavy atom. The van der Waals surface area contributed by atoms with Crippen molar-refractivity contribution in [2.75, 3.05) is 0 Å². The maximum Gasteiger partial charge on any atom is 0.146 e. The quantitative estimate of drug-likeness (QED) is 0.621. The molecule has 0 aromatic carbocycles. The minimum atomic E-state index is -0.496. The monoisotopic (exact) mass is 232 g/mol. The van der Waals surface area contributed by atoms with Crippen molar-refractivity contribution < 1.29 is 4.39 Å². The van der Waals surface area contributed by atoms with E-state index >= 15 is 0 Å². The first-order valence-corrected chi connectivity index (χ1v) is 5.21. The highest BCUT2D eigenvalue weighted by Gasteiger charge is 2.17. The van der Waals surface area contributed by atoms with E-state index in [1.165, 1.54) is 12.3 Å². The second kappa shape index (κ2) is 4.99. The Hall–Kier alpha value is -1.85. The molecule has 2 rings (SSSR count). The van der Waals surface area contributed by atoms with E-state index in [1.807, 2.05) is 19.1 Å². The zero-order valence-electron chi connectivity index (χ0n) is 9.39. The molecule has 0 saturated heterocycles. The first-order chi connectivity index (χ1) is 8.22. The second-order valence-electron chi connectivity index (χ2n) is 3.70. The molecule has 1 atom stereocenters. The molecule has 0 amide bonds. The van der Waals surface area contributed by atoms with Gasteiger partial charge in [0.1, 0.15) is 5.82 Å². The van der Waals surface area contributed by atoms with Gasteiger partial charge in [-0.15, -0.1) is 0 Å². The minimum absolute atomic E-state index is 0.264. The van der Waals surface area contributed by atoms with Gasteiger partial charge >= 0.3 is 0 Å². The number of nitrogens with two attached hydrogens (primary N) is 1. The van der Waals surface area contributed by atoms with Crippen LogP contribution < -0.4 is 11.3 Å². The topological polar surface area (TPSA) is 63.8 Å². The molecule has 3 N–H and O–H groups in total. The lowest BCUT2D eigenvalue weighted by atomic mass is 10.1. The molecule has 5 heteroatoms. The molecule has 4 nitrogen and oxygen atoms in total. The van der Waals surface area contributed by atoms with Gasteiger partial charge in [-0.3, -0.25) is 15.8 Å². The molecular weight excluding hydrogens is 219 g/mol. The van der Waals surface area contributed by atoms with Gasteiger partial charge in [0.2, 0.25) is 0 Å². The maximum atomic E-state index is 13.6. The van der Waals surface area contributed by atoms with Gasteiger partial charge in [0, 0.05) is 18.1 Å². The van der Waals surface area contributed by atoms with Crippen LogP contribution in [0.25, 0.3) is 0 Å². The number of aryl methyl sites for hydroxylation is 1. The van der Waals surface area contributed by atoms with Crippen LogP contribution in [0.3, 0.4) is 0 Å². The third-order valence-electron chi connectivity index (χ3n) is 2.49. The standard InChI is InChI=1S/C12H13FN4/c1-8-4-5-9(7-16-8)11(17-14)12-10(13)3-2-6-15-12/h2-7,11,17H,14H2,1H3. The number of nitrogens with one attached hydrogen (secondary N) is 1. The summed E-state index contributed by atoms with van der Waals surface area (Å²) < 4.78 is 13.6. The van der Waals surface area contributed by atoms with Gasteiger partial charge in [-0.1, -0.05) is 6.07 Å². The number of hydrazine groups is 1. The number of aromatic nitrogens is 2. The summed E-state index contributed by atoms with van der Waals surface area (Å²) in [6.45, 7) is 1.88. The first-order valence-electron chi connectivity index (χ1n) is 5.21. The van der Waals surface area contributed by atoms with Crippen LogP contribution >= 0.6 is 0 Å². The largest absolute Gasteiger partial charge is 0.271 e. The Kier molecular flexibility index (Phi) is 3.41. The van der Waals surface area contributed by atoms with E-state index in [4.69, 9.17) is 5.84 Å². The third-order valence-corrected chi connectivity index (χ3v) is 2.49. The van der Waals surface area contributed by atoms with E-state index in [0.29, 0.717) is 0 Å². The third kappa shape index (κ3) is 2.46. The van der Waals surface area contributed by atoms with Gasteiger partial charge in [0.15, 0.2) is 0 Å². The van der Waals surface area contributed by atoms with Crippen LogP contribution in [0.4, 0.5) is 4.39 Å². The molecule has 88 valence electrons. The van der Waals surface area contributed by atoms with Gasteiger partial charge in [-0.25, -0.2) is 9.82 Å². The van der Waals surface area contributed by atoms with E-state index in [-0.39, 0.29) is 5.69 Å². The zero-order chi connectivity index (χ0) is 12.3. The summed E-state index contributed by atoms with van der Waals surface area (Å²) in [5.41, 5.74) is 4.49. The summed E-state index contributed by atoms with van der Waals surface area (Å²) in [6.07, 6.45) is 3.19. The summed E-state index contributed by atoms with van der Waals surface area (Å²) in [6, 6.07) is 6.10. The number of halogens is 1. The smallest absolute Gasteiger partial charge is 0.146 e. The molecular formula is C12H13FN4. The van der Waals surface area contributed by atoms with Crippen molar-refractivity contribution >= 4 is 0 Å². The van der Waals surface area contributed by atoms with Crippen molar-refractivity contribution in [3.05, 3.63) is 59.4 Å². The minimum Gasteiger partial charge on any atom is -0.271 e. The Bertz CT molecular complexity index is 498. The van der Waals surface area contributed by atoms with Crippen molar-refractivity contribution in [2.24, 2.45) is 5.84 Å². The molecule has 0 radical (unpaired) electrons. The average Bonchev–Trinajstić information content (AvgIpc) is 2.35. The zero-order valence-corrected chi connectivity index (χ0v) is 9.39. The molecule has 0 aliphatic carbocycles. The highest BCUT2D eigenvalue weighted by Crippen LogP contribution is 2.20. The van der Waals surface area contributed by atoms with E-state index in [1.54, 1.807) is 12.3 Å². The van der Waals surface area contributed by atoms with E-state index in [2.05, 4.69) is 15.4 Å². The summed E-state index contributed by atoms with van der Waals surface area (Å²) >= 11 is 0. The number of rotatable bonds is 3. The van der Waals surface area contributed by atoms with Gasteiger partial charge in [0.05, 0.1) is 11.7 Å². The Balaban J connectivity index is 2.40. The van der Waals surface area contributed by atoms with Crippen molar-refractivity contribution in [3.8, 4) is 0 Å². The van der Waals surface area contributed by atoms with E-state index < -0.39 is 11.9 Å². The van der Waals surface area contributed by atoms with Gasteiger partial charge in [0.25, 0.3) is 0 Å². The summed E-state index contributed by atoms with van der Waals surface area (Å²) in [4.78, 5) is 8.16. The van der Waals surface area contributed by atoms with Crippen LogP contribution in [-0.4, -0.2) is 9.97 Å². The lowest BCUT2D eigenvalue weighted by Gasteiger charge is -2.15. The predicted octanol–water partition coefficient (Wildman–Crippen LogP) is 1.48. The molecule has 2 aromatic rings. The Labute approximate surface area is 98.7 Å². The lowest BCUT2D eigenvalue weighted by Crippen LogP contribution is -2.30. The second-order valence-corrected chi connectivity index (χ2v) is 3.70. The fraction of sp³-hybridized carbons (Fsp3) is 0.167. The number of hydrogen-bond acceptors (Lipinski definition) is 4. The molecule has 2 heterocycles. The van der Waals surface area contributed by atoms with Crippen LogP contribution in [0.5, 0.6) is 0 Å². The molecule has 0 bridgehead atoms. The predicted molar refractivity (Wildman–Crippen MR) is 62.3 cm³/mol.